The average molecular weight is 454 g/mol. The van der Waals surface area contributed by atoms with Gasteiger partial charge in [-0.15, -0.1) is 0 Å². The molecular weight excluding hydrogens is 426 g/mol. The van der Waals surface area contributed by atoms with Crippen LogP contribution in [0.3, 0.4) is 0 Å². The minimum absolute atomic E-state index is 0.0132. The number of amides is 1. The quantitative estimate of drug-likeness (QED) is 0.484. The number of carbonyl (C=O) groups excluding carboxylic acids is 1. The summed E-state index contributed by atoms with van der Waals surface area (Å²) in [5.74, 6) is 0.199. The van der Waals surface area contributed by atoms with Crippen molar-refractivity contribution < 1.29 is 4.79 Å². The summed E-state index contributed by atoms with van der Waals surface area (Å²) in [6.45, 7) is 2.04. The highest BCUT2D eigenvalue weighted by molar-refractivity contribution is 5.80. The summed E-state index contributed by atoms with van der Waals surface area (Å²) in [5, 5.41) is 3.00. The van der Waals surface area contributed by atoms with E-state index in [1.165, 1.54) is 0 Å². The number of fused-ring (bicyclic) bond motifs is 1. The Balaban J connectivity index is 1.40. The molecular formula is C27H27N5O2. The summed E-state index contributed by atoms with van der Waals surface area (Å²) >= 11 is 0. The minimum atomic E-state index is -0.201. The molecule has 5 rings (SSSR count). The number of hydrogen-bond donors (Lipinski definition) is 1. The number of aromatic nitrogens is 3. The summed E-state index contributed by atoms with van der Waals surface area (Å²) in [6.07, 6.45) is 3.33. The Kier molecular flexibility index (Phi) is 6.33. The summed E-state index contributed by atoms with van der Waals surface area (Å²) in [7, 11) is 0. The highest BCUT2D eigenvalue weighted by atomic mass is 16.2. The molecule has 1 aliphatic rings. The predicted molar refractivity (Wildman–Crippen MR) is 133 cm³/mol. The fourth-order valence-electron chi connectivity index (χ4n) is 4.52. The number of hydrogen-bond acceptors (Lipinski definition) is 5. The number of rotatable bonds is 6. The van der Waals surface area contributed by atoms with E-state index in [2.05, 4.69) is 10.3 Å². The third kappa shape index (κ3) is 4.69. The zero-order valence-electron chi connectivity index (χ0n) is 18.9. The van der Waals surface area contributed by atoms with Crippen LogP contribution in [-0.4, -0.2) is 33.5 Å². The molecule has 1 amide bonds. The molecule has 0 aliphatic carbocycles. The molecule has 3 heterocycles. The van der Waals surface area contributed by atoms with Crippen molar-refractivity contribution >= 4 is 22.8 Å². The number of piperidine rings is 1. The summed E-state index contributed by atoms with van der Waals surface area (Å²) in [4.78, 5) is 37.5. The highest BCUT2D eigenvalue weighted by Crippen LogP contribution is 2.22. The van der Waals surface area contributed by atoms with Gasteiger partial charge in [0.1, 0.15) is 0 Å². The normalized spacial score (nSPS) is 15.9. The van der Waals surface area contributed by atoms with Gasteiger partial charge in [0, 0.05) is 19.3 Å². The maximum Gasteiger partial charge on any atom is 0.294 e. The van der Waals surface area contributed by atoms with Gasteiger partial charge in [0.15, 0.2) is 5.82 Å². The molecule has 7 heteroatoms. The maximum atomic E-state index is 13.6. The lowest BCUT2D eigenvalue weighted by atomic mass is 9.97. The summed E-state index contributed by atoms with van der Waals surface area (Å²) in [6, 6.07) is 23.3. The molecule has 0 radical (unpaired) electrons. The smallest absolute Gasteiger partial charge is 0.294 e. The van der Waals surface area contributed by atoms with Gasteiger partial charge in [0.2, 0.25) is 5.91 Å². The Morgan fingerprint density at radius 2 is 1.79 bits per heavy atom. The molecule has 0 unspecified atom stereocenters. The van der Waals surface area contributed by atoms with Crippen LogP contribution < -0.4 is 15.8 Å². The first kappa shape index (κ1) is 21.8. The van der Waals surface area contributed by atoms with Gasteiger partial charge in [-0.25, -0.2) is 4.98 Å². The second-order valence-corrected chi connectivity index (χ2v) is 8.63. The number of nitrogens with zero attached hydrogens (tertiary/aromatic N) is 4. The standard InChI is InChI=1S/C27H27N5O2/c33-26(29-17-22-12-6-7-15-28-22)21-11-8-16-31(19-21)25-27(34)32(18-20-9-2-1-3-10-20)24-14-5-4-13-23(24)30-25/h1-7,9-10,12-15,21H,8,11,16-19H2,(H,29,33)/t21-/m0/s1. The average Bonchev–Trinajstić information content (AvgIpc) is 2.90. The van der Waals surface area contributed by atoms with E-state index in [0.717, 1.165) is 35.1 Å². The maximum absolute atomic E-state index is 13.6. The second kappa shape index (κ2) is 9.87. The molecule has 0 saturated carbocycles. The van der Waals surface area contributed by atoms with Crippen LogP contribution in [-0.2, 0) is 17.9 Å². The molecule has 4 aromatic rings. The van der Waals surface area contributed by atoms with Gasteiger partial charge < -0.3 is 10.2 Å². The Hall–Kier alpha value is -4.00. The number of para-hydroxylation sites is 2. The lowest BCUT2D eigenvalue weighted by molar-refractivity contribution is -0.125. The molecule has 1 fully saturated rings. The van der Waals surface area contributed by atoms with Crippen LogP contribution in [0.15, 0.2) is 83.8 Å². The number of carbonyl (C=O) groups is 1. The van der Waals surface area contributed by atoms with Gasteiger partial charge in [-0.3, -0.25) is 19.1 Å². The fourth-order valence-corrected chi connectivity index (χ4v) is 4.52. The number of nitrogens with one attached hydrogen (secondary N) is 1. The lowest BCUT2D eigenvalue weighted by Gasteiger charge is -2.32. The second-order valence-electron chi connectivity index (χ2n) is 8.63. The number of benzene rings is 2. The molecule has 0 spiro atoms. The zero-order valence-corrected chi connectivity index (χ0v) is 18.9. The van der Waals surface area contributed by atoms with Crippen LogP contribution >= 0.6 is 0 Å². The Bertz CT molecular complexity index is 1340. The number of pyridine rings is 1. The first-order chi connectivity index (χ1) is 16.7. The van der Waals surface area contributed by atoms with E-state index in [1.54, 1.807) is 10.8 Å². The van der Waals surface area contributed by atoms with Gasteiger partial charge >= 0.3 is 0 Å². The molecule has 1 saturated heterocycles. The Labute approximate surface area is 198 Å². The van der Waals surface area contributed by atoms with E-state index in [-0.39, 0.29) is 17.4 Å². The zero-order chi connectivity index (χ0) is 23.3. The van der Waals surface area contributed by atoms with Gasteiger partial charge in [-0.05, 0) is 42.7 Å². The van der Waals surface area contributed by atoms with Crippen LogP contribution in [0.2, 0.25) is 0 Å². The van der Waals surface area contributed by atoms with Crippen molar-refractivity contribution in [2.24, 2.45) is 5.92 Å². The SMILES string of the molecule is O=C(NCc1ccccn1)[C@H]1CCCN(c2nc3ccccc3n(Cc3ccccc3)c2=O)C1. The first-order valence-electron chi connectivity index (χ1n) is 11.6. The topological polar surface area (TPSA) is 80.1 Å². The van der Waals surface area contributed by atoms with Crippen LogP contribution in [0.5, 0.6) is 0 Å². The Morgan fingerprint density at radius 3 is 2.62 bits per heavy atom. The van der Waals surface area contributed by atoms with Crippen molar-refractivity contribution in [3.05, 3.63) is 101 Å². The molecule has 172 valence electrons. The lowest BCUT2D eigenvalue weighted by Crippen LogP contribution is -2.45. The van der Waals surface area contributed by atoms with E-state index in [4.69, 9.17) is 4.98 Å². The third-order valence-corrected chi connectivity index (χ3v) is 6.28. The molecule has 1 atom stereocenters. The van der Waals surface area contributed by atoms with Crippen molar-refractivity contribution in [2.75, 3.05) is 18.0 Å². The van der Waals surface area contributed by atoms with Crippen LogP contribution in [0, 0.1) is 5.92 Å². The van der Waals surface area contributed by atoms with Crippen LogP contribution in [0.1, 0.15) is 24.1 Å². The molecule has 34 heavy (non-hydrogen) atoms. The summed E-state index contributed by atoms with van der Waals surface area (Å²) < 4.78 is 1.79. The van der Waals surface area contributed by atoms with E-state index in [1.807, 2.05) is 77.7 Å². The highest BCUT2D eigenvalue weighted by Gasteiger charge is 2.28. The molecule has 0 bridgehead atoms. The van der Waals surface area contributed by atoms with Crippen LogP contribution in [0.4, 0.5) is 5.82 Å². The van der Waals surface area contributed by atoms with Crippen molar-refractivity contribution in [1.29, 1.82) is 0 Å². The van der Waals surface area contributed by atoms with Crippen molar-refractivity contribution in [3.63, 3.8) is 0 Å². The third-order valence-electron chi connectivity index (χ3n) is 6.28. The molecule has 2 aromatic heterocycles. The molecule has 7 nitrogen and oxygen atoms in total. The van der Waals surface area contributed by atoms with Gasteiger partial charge in [-0.1, -0.05) is 48.5 Å². The minimum Gasteiger partial charge on any atom is -0.351 e. The monoisotopic (exact) mass is 453 g/mol. The van der Waals surface area contributed by atoms with E-state index >= 15 is 0 Å². The molecule has 1 aliphatic heterocycles. The van der Waals surface area contributed by atoms with Crippen molar-refractivity contribution in [1.82, 2.24) is 19.9 Å². The largest absolute Gasteiger partial charge is 0.351 e. The summed E-state index contributed by atoms with van der Waals surface area (Å²) in [5.41, 5.74) is 3.33. The van der Waals surface area contributed by atoms with Crippen molar-refractivity contribution in [3.8, 4) is 0 Å². The van der Waals surface area contributed by atoms with E-state index in [0.29, 0.717) is 32.0 Å². The molecule has 1 N–H and O–H groups in total. The van der Waals surface area contributed by atoms with E-state index < -0.39 is 0 Å². The van der Waals surface area contributed by atoms with Gasteiger partial charge in [0.25, 0.3) is 5.56 Å². The van der Waals surface area contributed by atoms with Gasteiger partial charge in [0.05, 0.1) is 35.7 Å². The van der Waals surface area contributed by atoms with Crippen molar-refractivity contribution in [2.45, 2.75) is 25.9 Å². The first-order valence-corrected chi connectivity index (χ1v) is 11.6. The van der Waals surface area contributed by atoms with E-state index in [9.17, 15) is 9.59 Å². The predicted octanol–water partition coefficient (Wildman–Crippen LogP) is 3.37. The fraction of sp³-hybridized carbons (Fsp3) is 0.259. The van der Waals surface area contributed by atoms with Crippen LogP contribution in [0.25, 0.3) is 11.0 Å². The molecule has 2 aromatic carbocycles. The Morgan fingerprint density at radius 1 is 1.00 bits per heavy atom. The number of anilines is 1. The van der Waals surface area contributed by atoms with Gasteiger partial charge in [-0.2, -0.15) is 0 Å².